The fourth-order valence-electron chi connectivity index (χ4n) is 4.01. The van der Waals surface area contributed by atoms with Crippen molar-refractivity contribution in [3.63, 3.8) is 0 Å². The first-order valence-corrected chi connectivity index (χ1v) is 10.3. The van der Waals surface area contributed by atoms with Gasteiger partial charge in [-0.1, -0.05) is 13.8 Å². The van der Waals surface area contributed by atoms with Crippen molar-refractivity contribution in [1.82, 2.24) is 9.97 Å². The first-order valence-electron chi connectivity index (χ1n) is 10.3. The van der Waals surface area contributed by atoms with Crippen molar-refractivity contribution in [3.8, 4) is 6.07 Å². The van der Waals surface area contributed by atoms with Crippen LogP contribution in [0.5, 0.6) is 0 Å². The quantitative estimate of drug-likeness (QED) is 0.816. The van der Waals surface area contributed by atoms with Gasteiger partial charge in [-0.15, -0.1) is 0 Å². The molecule has 2 aliphatic heterocycles. The average Bonchev–Trinajstić information content (AvgIpc) is 3.12. The SMILES string of the molecule is CC(C)C1(C#N)CCN(c2ccnc(Nc3ccc(N4CCOCC4)cn3)c2)C1=O. The van der Waals surface area contributed by atoms with Crippen LogP contribution in [-0.2, 0) is 9.53 Å². The smallest absolute Gasteiger partial charge is 0.247 e. The van der Waals surface area contributed by atoms with Gasteiger partial charge in [-0.2, -0.15) is 5.26 Å². The number of carbonyl (C=O) groups is 1. The molecule has 2 fully saturated rings. The zero-order valence-corrected chi connectivity index (χ0v) is 17.3. The number of amides is 1. The average molecular weight is 406 g/mol. The summed E-state index contributed by atoms with van der Waals surface area (Å²) in [6.45, 7) is 7.57. The Hall–Kier alpha value is -3.18. The Bertz CT molecular complexity index is 949. The molecule has 2 saturated heterocycles. The molecular formula is C22H26N6O2. The van der Waals surface area contributed by atoms with E-state index in [-0.39, 0.29) is 11.8 Å². The van der Waals surface area contributed by atoms with Crippen LogP contribution in [0.2, 0.25) is 0 Å². The normalized spacial score (nSPS) is 21.7. The number of hydrogen-bond acceptors (Lipinski definition) is 7. The summed E-state index contributed by atoms with van der Waals surface area (Å²) in [6, 6.07) is 9.83. The number of morpholine rings is 1. The Balaban J connectivity index is 1.48. The third-order valence-corrected chi connectivity index (χ3v) is 5.98. The minimum atomic E-state index is -0.951. The molecule has 0 bridgehead atoms. The Labute approximate surface area is 176 Å². The highest BCUT2D eigenvalue weighted by atomic mass is 16.5. The van der Waals surface area contributed by atoms with Gasteiger partial charge in [0.05, 0.1) is 31.2 Å². The highest BCUT2D eigenvalue weighted by Gasteiger charge is 2.50. The Morgan fingerprint density at radius 2 is 1.93 bits per heavy atom. The Kier molecular flexibility index (Phi) is 5.55. The summed E-state index contributed by atoms with van der Waals surface area (Å²) in [4.78, 5) is 25.8. The fraction of sp³-hybridized carbons (Fsp3) is 0.455. The van der Waals surface area contributed by atoms with Crippen LogP contribution >= 0.6 is 0 Å². The van der Waals surface area contributed by atoms with E-state index < -0.39 is 5.41 Å². The molecule has 0 aliphatic carbocycles. The van der Waals surface area contributed by atoms with E-state index in [0.29, 0.717) is 24.6 Å². The fourth-order valence-corrected chi connectivity index (χ4v) is 4.01. The second kappa shape index (κ2) is 8.28. The summed E-state index contributed by atoms with van der Waals surface area (Å²) in [5, 5.41) is 12.8. The molecule has 1 N–H and O–H groups in total. The van der Waals surface area contributed by atoms with Crippen LogP contribution in [0.25, 0.3) is 0 Å². The van der Waals surface area contributed by atoms with Crippen molar-refractivity contribution in [2.75, 3.05) is 48.0 Å². The molecule has 4 rings (SSSR count). The number of carbonyl (C=O) groups excluding carboxylic acids is 1. The molecule has 1 amide bonds. The highest BCUT2D eigenvalue weighted by molar-refractivity contribution is 6.02. The van der Waals surface area contributed by atoms with E-state index in [2.05, 4.69) is 26.3 Å². The maximum atomic E-state index is 13.0. The van der Waals surface area contributed by atoms with Crippen LogP contribution in [0.1, 0.15) is 20.3 Å². The molecule has 30 heavy (non-hydrogen) atoms. The van der Waals surface area contributed by atoms with Gasteiger partial charge < -0.3 is 19.9 Å². The summed E-state index contributed by atoms with van der Waals surface area (Å²) < 4.78 is 5.39. The van der Waals surface area contributed by atoms with E-state index in [1.54, 1.807) is 17.2 Å². The lowest BCUT2D eigenvalue weighted by Gasteiger charge is -2.28. The van der Waals surface area contributed by atoms with Gasteiger partial charge in [0.2, 0.25) is 5.91 Å². The molecular weight excluding hydrogens is 380 g/mol. The Morgan fingerprint density at radius 3 is 2.57 bits per heavy atom. The summed E-state index contributed by atoms with van der Waals surface area (Å²) >= 11 is 0. The summed E-state index contributed by atoms with van der Waals surface area (Å²) in [6.07, 6.45) is 4.04. The van der Waals surface area contributed by atoms with E-state index in [1.165, 1.54) is 0 Å². The minimum Gasteiger partial charge on any atom is -0.378 e. The molecule has 2 aliphatic rings. The van der Waals surface area contributed by atoms with Gasteiger partial charge >= 0.3 is 0 Å². The molecule has 1 unspecified atom stereocenters. The molecule has 0 aromatic carbocycles. The predicted octanol–water partition coefficient (Wildman–Crippen LogP) is 2.96. The summed E-state index contributed by atoms with van der Waals surface area (Å²) in [5.74, 6) is 1.11. The summed E-state index contributed by atoms with van der Waals surface area (Å²) in [7, 11) is 0. The molecule has 4 heterocycles. The van der Waals surface area contributed by atoms with Crippen LogP contribution in [0, 0.1) is 22.7 Å². The van der Waals surface area contributed by atoms with Crippen LogP contribution in [-0.4, -0.2) is 48.7 Å². The molecule has 0 spiro atoms. The molecule has 1 atom stereocenters. The third kappa shape index (κ3) is 3.68. The molecule has 2 aromatic heterocycles. The van der Waals surface area contributed by atoms with Gasteiger partial charge in [-0.3, -0.25) is 4.79 Å². The van der Waals surface area contributed by atoms with Crippen molar-refractivity contribution in [1.29, 1.82) is 5.26 Å². The zero-order chi connectivity index (χ0) is 21.1. The van der Waals surface area contributed by atoms with Crippen molar-refractivity contribution in [3.05, 3.63) is 36.7 Å². The lowest BCUT2D eigenvalue weighted by Crippen LogP contribution is -2.37. The maximum absolute atomic E-state index is 13.0. The Morgan fingerprint density at radius 1 is 1.13 bits per heavy atom. The number of aromatic nitrogens is 2. The molecule has 0 radical (unpaired) electrons. The maximum Gasteiger partial charge on any atom is 0.247 e. The number of nitrogens with zero attached hydrogens (tertiary/aromatic N) is 5. The van der Waals surface area contributed by atoms with E-state index in [0.717, 1.165) is 37.7 Å². The van der Waals surface area contributed by atoms with Gasteiger partial charge in [-0.25, -0.2) is 9.97 Å². The monoisotopic (exact) mass is 406 g/mol. The second-order valence-electron chi connectivity index (χ2n) is 7.97. The molecule has 8 nitrogen and oxygen atoms in total. The van der Waals surface area contributed by atoms with Crippen LogP contribution in [0.15, 0.2) is 36.7 Å². The van der Waals surface area contributed by atoms with Crippen LogP contribution < -0.4 is 15.1 Å². The first-order chi connectivity index (χ1) is 14.5. The van der Waals surface area contributed by atoms with E-state index in [4.69, 9.17) is 4.74 Å². The molecule has 8 heteroatoms. The topological polar surface area (TPSA) is 94.4 Å². The number of nitriles is 1. The molecule has 0 saturated carbocycles. The standard InChI is InChI=1S/C22H26N6O2/c1-16(2)22(15-23)6-8-28(21(22)29)17-5-7-24-20(13-17)26-19-4-3-18(14-25-19)27-9-11-30-12-10-27/h3-5,7,13-14,16H,6,8-12H2,1-2H3,(H,24,25,26). The van der Waals surface area contributed by atoms with Crippen LogP contribution in [0.4, 0.5) is 23.0 Å². The highest BCUT2D eigenvalue weighted by Crippen LogP contribution is 2.40. The number of anilines is 4. The lowest BCUT2D eigenvalue weighted by atomic mass is 9.77. The summed E-state index contributed by atoms with van der Waals surface area (Å²) in [5.41, 5.74) is 0.850. The number of pyridine rings is 2. The van der Waals surface area contributed by atoms with Crippen molar-refractivity contribution >= 4 is 28.9 Å². The lowest BCUT2D eigenvalue weighted by molar-refractivity contribution is -0.124. The molecule has 2 aromatic rings. The third-order valence-electron chi connectivity index (χ3n) is 5.98. The van der Waals surface area contributed by atoms with Gasteiger partial charge in [0.15, 0.2) is 0 Å². The van der Waals surface area contributed by atoms with Gasteiger partial charge in [0.1, 0.15) is 17.1 Å². The van der Waals surface area contributed by atoms with E-state index in [9.17, 15) is 10.1 Å². The van der Waals surface area contributed by atoms with Crippen molar-refractivity contribution in [2.24, 2.45) is 11.3 Å². The zero-order valence-electron chi connectivity index (χ0n) is 17.3. The van der Waals surface area contributed by atoms with Gasteiger partial charge in [0.25, 0.3) is 0 Å². The number of ether oxygens (including phenoxy) is 1. The predicted molar refractivity (Wildman–Crippen MR) is 115 cm³/mol. The second-order valence-corrected chi connectivity index (χ2v) is 7.97. The number of rotatable bonds is 5. The van der Waals surface area contributed by atoms with Gasteiger partial charge in [-0.05, 0) is 30.5 Å². The molecule has 156 valence electrons. The van der Waals surface area contributed by atoms with Crippen molar-refractivity contribution < 1.29 is 9.53 Å². The van der Waals surface area contributed by atoms with Crippen molar-refractivity contribution in [2.45, 2.75) is 20.3 Å². The minimum absolute atomic E-state index is 0.0337. The first kappa shape index (κ1) is 20.1. The van der Waals surface area contributed by atoms with Gasteiger partial charge in [0, 0.05) is 37.6 Å². The number of nitrogens with one attached hydrogen (secondary N) is 1. The van der Waals surface area contributed by atoms with E-state index in [1.807, 2.05) is 38.2 Å². The largest absolute Gasteiger partial charge is 0.378 e. The van der Waals surface area contributed by atoms with E-state index >= 15 is 0 Å². The van der Waals surface area contributed by atoms with Crippen LogP contribution in [0.3, 0.4) is 0 Å². The number of hydrogen-bond donors (Lipinski definition) is 1.